The molecule has 1 aliphatic heterocycles. The molecule has 1 amide bonds. The van der Waals surface area contributed by atoms with Crippen molar-refractivity contribution in [3.8, 4) is 34.6 Å². The summed E-state index contributed by atoms with van der Waals surface area (Å²) >= 11 is 0. The van der Waals surface area contributed by atoms with Gasteiger partial charge >= 0.3 is 5.69 Å². The van der Waals surface area contributed by atoms with Gasteiger partial charge < -0.3 is 34.6 Å². The number of aromatic nitrogens is 4. The number of nitrogens with zero attached hydrogens (tertiary/aromatic N) is 4. The highest BCUT2D eigenvalue weighted by atomic mass is 19.1. The van der Waals surface area contributed by atoms with Gasteiger partial charge in [-0.05, 0) is 49.4 Å². The molecular weight excluding hydrogens is 606 g/mol. The molecule has 3 aromatic carbocycles. The highest BCUT2D eigenvalue weighted by Crippen LogP contribution is 2.48. The number of fused-ring (bicyclic) bond motifs is 3. The molecule has 3 N–H and O–H groups in total. The molecule has 6 rings (SSSR count). The number of nitrogens with two attached hydrogens (primary N) is 1. The van der Waals surface area contributed by atoms with Crippen LogP contribution in [0.5, 0.6) is 28.9 Å². The van der Waals surface area contributed by atoms with Crippen molar-refractivity contribution in [2.75, 3.05) is 31.7 Å². The smallest absolute Gasteiger partial charge is 0.335 e. The quantitative estimate of drug-likeness (QED) is 0.231. The van der Waals surface area contributed by atoms with Crippen molar-refractivity contribution in [1.29, 1.82) is 0 Å². The molecule has 236 valence electrons. The molecule has 0 unspecified atom stereocenters. The number of anilines is 1. The largest absolute Gasteiger partial charge is 0.489 e. The summed E-state index contributed by atoms with van der Waals surface area (Å²) < 4.78 is 53.9. The highest BCUT2D eigenvalue weighted by molar-refractivity contribution is 6.04. The maximum atomic E-state index is 15.3. The molecule has 0 atom stereocenters. The molecule has 1 aliphatic rings. The number of rotatable bonds is 9. The van der Waals surface area contributed by atoms with Gasteiger partial charge in [-0.1, -0.05) is 0 Å². The minimum Gasteiger partial charge on any atom is -0.489 e. The van der Waals surface area contributed by atoms with Crippen LogP contribution in [0.15, 0.2) is 70.6 Å². The van der Waals surface area contributed by atoms with E-state index >= 15 is 4.39 Å². The van der Waals surface area contributed by atoms with E-state index in [0.717, 1.165) is 33.5 Å². The number of amides is 1. The fraction of sp³-hybridized carbons (Fsp3) is 0.194. The lowest BCUT2D eigenvalue weighted by Gasteiger charge is -2.23. The summed E-state index contributed by atoms with van der Waals surface area (Å²) in [6.07, 6.45) is 2.94. The molecule has 46 heavy (non-hydrogen) atoms. The summed E-state index contributed by atoms with van der Waals surface area (Å²) in [4.78, 5) is 47.4. The van der Waals surface area contributed by atoms with Gasteiger partial charge in [0, 0.05) is 31.1 Å². The molecule has 3 heterocycles. The second-order valence-corrected chi connectivity index (χ2v) is 10.0. The first-order valence-corrected chi connectivity index (χ1v) is 14.0. The molecule has 0 saturated heterocycles. The summed E-state index contributed by atoms with van der Waals surface area (Å²) in [5.74, 6) is -1.53. The summed E-state index contributed by atoms with van der Waals surface area (Å²) in [5.41, 5.74) is 3.96. The Morgan fingerprint density at radius 2 is 1.78 bits per heavy atom. The van der Waals surface area contributed by atoms with Crippen LogP contribution in [-0.4, -0.2) is 51.4 Å². The first kappa shape index (κ1) is 30.2. The molecule has 5 aromatic rings. The predicted molar refractivity (Wildman–Crippen MR) is 161 cm³/mol. The summed E-state index contributed by atoms with van der Waals surface area (Å²) in [6.45, 7) is 1.34. The van der Waals surface area contributed by atoms with E-state index in [-0.39, 0.29) is 42.0 Å². The normalized spacial score (nSPS) is 12.2. The third-order valence-electron chi connectivity index (χ3n) is 6.92. The lowest BCUT2D eigenvalue weighted by molar-refractivity contribution is 0.102. The number of aryl methyl sites for hydroxylation is 1. The molecular formula is C31H26F2N6O7. The van der Waals surface area contributed by atoms with Gasteiger partial charge in [0.05, 0.1) is 17.8 Å². The van der Waals surface area contributed by atoms with Crippen LogP contribution < -0.4 is 41.2 Å². The Kier molecular flexibility index (Phi) is 8.31. The van der Waals surface area contributed by atoms with E-state index in [4.69, 9.17) is 24.7 Å². The number of halogens is 2. The lowest BCUT2D eigenvalue weighted by Crippen LogP contribution is -2.41. The van der Waals surface area contributed by atoms with Gasteiger partial charge in [-0.2, -0.15) is 0 Å². The van der Waals surface area contributed by atoms with Crippen LogP contribution in [0.25, 0.3) is 16.6 Å². The summed E-state index contributed by atoms with van der Waals surface area (Å²) in [6, 6.07) is 9.90. The lowest BCUT2D eigenvalue weighted by atomic mass is 10.1. The SMILES string of the molecule is Cn1cc(C(=O)Nc2ccc(Oc3ncnc4cc(OCCCN)c5c(c34)OCCO5)c(F)c2)c(=O)n(-c2ccc(F)cc2)c1=O. The Morgan fingerprint density at radius 3 is 2.52 bits per heavy atom. The molecule has 0 spiro atoms. The van der Waals surface area contributed by atoms with Gasteiger partial charge in [-0.3, -0.25) is 9.59 Å². The van der Waals surface area contributed by atoms with Crippen molar-refractivity contribution in [3.63, 3.8) is 0 Å². The van der Waals surface area contributed by atoms with Gasteiger partial charge in [-0.25, -0.2) is 28.1 Å². The average molecular weight is 633 g/mol. The van der Waals surface area contributed by atoms with Crippen molar-refractivity contribution in [3.05, 3.63) is 99.1 Å². The van der Waals surface area contributed by atoms with E-state index in [1.54, 1.807) is 6.07 Å². The molecule has 0 radical (unpaired) electrons. The van der Waals surface area contributed by atoms with Gasteiger partial charge in [0.1, 0.15) is 36.3 Å². The predicted octanol–water partition coefficient (Wildman–Crippen LogP) is 3.30. The minimum absolute atomic E-state index is 0.00244. The highest BCUT2D eigenvalue weighted by Gasteiger charge is 2.26. The molecule has 15 heteroatoms. The average Bonchev–Trinajstić information content (AvgIpc) is 3.05. The molecule has 0 aliphatic carbocycles. The van der Waals surface area contributed by atoms with Crippen LogP contribution >= 0.6 is 0 Å². The maximum absolute atomic E-state index is 15.3. The van der Waals surface area contributed by atoms with Crippen LogP contribution in [0.3, 0.4) is 0 Å². The number of carbonyl (C=O) groups excluding carboxylic acids is 1. The Morgan fingerprint density at radius 1 is 1.02 bits per heavy atom. The van der Waals surface area contributed by atoms with Crippen LogP contribution in [0.1, 0.15) is 16.8 Å². The number of benzene rings is 3. The zero-order chi connectivity index (χ0) is 32.4. The zero-order valence-corrected chi connectivity index (χ0v) is 24.3. The standard InChI is InChI=1S/C31H26F2N6O7/c1-38-15-20(30(41)39(31(38)42)19-6-3-17(32)4-7-19)28(40)37-18-5-8-23(21(33)13-18)46-29-25-22(35-16-36-29)14-24(43-10-2-9-34)26-27(25)45-12-11-44-26/h3-8,13-16H,2,9-12,34H2,1H3,(H,37,40). The van der Waals surface area contributed by atoms with E-state index in [1.165, 1.54) is 37.6 Å². The Hall–Kier alpha value is -5.83. The Balaban J connectivity index is 1.27. The number of carbonyl (C=O) groups is 1. The Labute approximate surface area is 258 Å². The van der Waals surface area contributed by atoms with E-state index in [1.807, 2.05) is 0 Å². The Bertz CT molecular complexity index is 2080. The number of hydrogen-bond donors (Lipinski definition) is 2. The first-order valence-electron chi connectivity index (χ1n) is 14.0. The van der Waals surface area contributed by atoms with Crippen LogP contribution in [0, 0.1) is 11.6 Å². The molecule has 0 bridgehead atoms. The van der Waals surface area contributed by atoms with Crippen molar-refractivity contribution < 1.29 is 32.5 Å². The third kappa shape index (κ3) is 5.82. The van der Waals surface area contributed by atoms with Gasteiger partial charge in [0.15, 0.2) is 23.1 Å². The second-order valence-electron chi connectivity index (χ2n) is 10.0. The summed E-state index contributed by atoms with van der Waals surface area (Å²) in [7, 11) is 1.35. The van der Waals surface area contributed by atoms with Crippen molar-refractivity contribution in [1.82, 2.24) is 19.1 Å². The second kappa shape index (κ2) is 12.6. The van der Waals surface area contributed by atoms with Gasteiger partial charge in [0.25, 0.3) is 11.5 Å². The van der Waals surface area contributed by atoms with Crippen LogP contribution in [0.2, 0.25) is 0 Å². The monoisotopic (exact) mass is 632 g/mol. The minimum atomic E-state index is -0.939. The van der Waals surface area contributed by atoms with Crippen molar-refractivity contribution >= 4 is 22.5 Å². The zero-order valence-electron chi connectivity index (χ0n) is 24.3. The maximum Gasteiger partial charge on any atom is 0.335 e. The van der Waals surface area contributed by atoms with Gasteiger partial charge in [-0.15, -0.1) is 0 Å². The first-order chi connectivity index (χ1) is 22.2. The van der Waals surface area contributed by atoms with Crippen LogP contribution in [-0.2, 0) is 7.05 Å². The molecule has 0 saturated carbocycles. The van der Waals surface area contributed by atoms with Crippen molar-refractivity contribution in [2.24, 2.45) is 12.8 Å². The third-order valence-corrected chi connectivity index (χ3v) is 6.92. The van der Waals surface area contributed by atoms with E-state index in [0.29, 0.717) is 42.0 Å². The van der Waals surface area contributed by atoms with E-state index < -0.39 is 34.4 Å². The van der Waals surface area contributed by atoms with E-state index in [9.17, 15) is 18.8 Å². The molecule has 0 fully saturated rings. The van der Waals surface area contributed by atoms with Gasteiger partial charge in [0.2, 0.25) is 11.6 Å². The number of nitrogens with one attached hydrogen (secondary N) is 1. The fourth-order valence-corrected chi connectivity index (χ4v) is 4.74. The molecule has 2 aromatic heterocycles. The number of ether oxygens (including phenoxy) is 4. The molecule has 13 nitrogen and oxygen atoms in total. The van der Waals surface area contributed by atoms with E-state index in [2.05, 4.69) is 15.3 Å². The summed E-state index contributed by atoms with van der Waals surface area (Å²) in [5, 5.41) is 2.80. The van der Waals surface area contributed by atoms with Crippen molar-refractivity contribution in [2.45, 2.75) is 6.42 Å². The van der Waals surface area contributed by atoms with Crippen LogP contribution in [0.4, 0.5) is 14.5 Å². The number of hydrogen-bond acceptors (Lipinski definition) is 10. The topological polar surface area (TPSA) is 162 Å². The fourth-order valence-electron chi connectivity index (χ4n) is 4.74.